The fraction of sp³-hybridized carbons (Fsp3) is 0.692. The van der Waals surface area contributed by atoms with Crippen LogP contribution in [-0.2, 0) is 0 Å². The molecule has 0 bridgehead atoms. The highest BCUT2D eigenvalue weighted by Gasteiger charge is 2.16. The molecule has 0 aliphatic carbocycles. The van der Waals surface area contributed by atoms with Crippen LogP contribution >= 0.6 is 0 Å². The molecule has 5 heteroatoms. The van der Waals surface area contributed by atoms with Crippen LogP contribution in [0, 0.1) is 5.92 Å². The Labute approximate surface area is 109 Å². The van der Waals surface area contributed by atoms with Crippen molar-refractivity contribution in [2.45, 2.75) is 26.8 Å². The standard InChI is InChI=1S/C13H23N5/c1-10(2)17-12-6-13(16-9-15-12)18-5-4-14-7-11(3)8-18/h6,9-11,14H,4-5,7-8H2,1-3H3,(H,15,16,17). The van der Waals surface area contributed by atoms with Gasteiger partial charge in [-0.1, -0.05) is 6.92 Å². The Morgan fingerprint density at radius 3 is 3.06 bits per heavy atom. The van der Waals surface area contributed by atoms with E-state index in [1.54, 1.807) is 6.33 Å². The zero-order valence-corrected chi connectivity index (χ0v) is 11.5. The number of aromatic nitrogens is 2. The van der Waals surface area contributed by atoms with Crippen molar-refractivity contribution in [2.24, 2.45) is 5.92 Å². The lowest BCUT2D eigenvalue weighted by Gasteiger charge is -2.23. The molecule has 0 aromatic carbocycles. The molecule has 0 radical (unpaired) electrons. The summed E-state index contributed by atoms with van der Waals surface area (Å²) in [6.07, 6.45) is 1.64. The van der Waals surface area contributed by atoms with Crippen LogP contribution in [0.25, 0.3) is 0 Å². The van der Waals surface area contributed by atoms with Crippen molar-refractivity contribution in [3.63, 3.8) is 0 Å². The Morgan fingerprint density at radius 1 is 1.44 bits per heavy atom. The lowest BCUT2D eigenvalue weighted by atomic mass is 10.2. The van der Waals surface area contributed by atoms with Crippen LogP contribution in [0.3, 0.4) is 0 Å². The number of anilines is 2. The maximum Gasteiger partial charge on any atom is 0.134 e. The van der Waals surface area contributed by atoms with Crippen LogP contribution in [0.2, 0.25) is 0 Å². The fourth-order valence-corrected chi connectivity index (χ4v) is 2.20. The van der Waals surface area contributed by atoms with Crippen LogP contribution in [0.1, 0.15) is 20.8 Å². The Hall–Kier alpha value is -1.36. The van der Waals surface area contributed by atoms with Gasteiger partial charge in [0.15, 0.2) is 0 Å². The molecule has 2 N–H and O–H groups in total. The van der Waals surface area contributed by atoms with Crippen LogP contribution in [0.5, 0.6) is 0 Å². The van der Waals surface area contributed by atoms with Crippen molar-refractivity contribution >= 4 is 11.6 Å². The normalized spacial score (nSPS) is 20.9. The van der Waals surface area contributed by atoms with Gasteiger partial charge in [-0.3, -0.25) is 0 Å². The molecule has 0 amide bonds. The number of hydrogen-bond donors (Lipinski definition) is 2. The molecule has 0 spiro atoms. The molecule has 1 aromatic rings. The molecule has 2 heterocycles. The minimum Gasteiger partial charge on any atom is -0.368 e. The van der Waals surface area contributed by atoms with Crippen molar-refractivity contribution < 1.29 is 0 Å². The van der Waals surface area contributed by atoms with Gasteiger partial charge in [0.25, 0.3) is 0 Å². The van der Waals surface area contributed by atoms with Crippen LogP contribution < -0.4 is 15.5 Å². The summed E-state index contributed by atoms with van der Waals surface area (Å²) in [4.78, 5) is 11.0. The molecule has 1 aliphatic rings. The van der Waals surface area contributed by atoms with Crippen LogP contribution in [0.15, 0.2) is 12.4 Å². The average Bonchev–Trinajstić information content (AvgIpc) is 2.53. The monoisotopic (exact) mass is 249 g/mol. The molecular weight excluding hydrogens is 226 g/mol. The van der Waals surface area contributed by atoms with E-state index in [0.717, 1.165) is 37.8 Å². The maximum absolute atomic E-state index is 4.39. The molecule has 100 valence electrons. The second-order valence-corrected chi connectivity index (χ2v) is 5.32. The Bertz CT molecular complexity index is 379. The van der Waals surface area contributed by atoms with Gasteiger partial charge >= 0.3 is 0 Å². The summed E-state index contributed by atoms with van der Waals surface area (Å²) in [5.74, 6) is 2.56. The summed E-state index contributed by atoms with van der Waals surface area (Å²) in [6.45, 7) is 10.6. The van der Waals surface area contributed by atoms with Gasteiger partial charge in [-0.15, -0.1) is 0 Å². The summed E-state index contributed by atoms with van der Waals surface area (Å²) in [6, 6.07) is 2.43. The fourth-order valence-electron chi connectivity index (χ4n) is 2.20. The van der Waals surface area contributed by atoms with Gasteiger partial charge in [-0.25, -0.2) is 9.97 Å². The molecule has 0 saturated carbocycles. The first kappa shape index (κ1) is 13.1. The number of nitrogens with one attached hydrogen (secondary N) is 2. The highest BCUT2D eigenvalue weighted by Crippen LogP contribution is 2.16. The Balaban J connectivity index is 2.11. The van der Waals surface area contributed by atoms with Crippen molar-refractivity contribution in [3.05, 3.63) is 12.4 Å². The van der Waals surface area contributed by atoms with E-state index in [9.17, 15) is 0 Å². The molecule has 1 fully saturated rings. The average molecular weight is 249 g/mol. The SMILES string of the molecule is CC1CNCCN(c2cc(NC(C)C)ncn2)C1. The number of hydrogen-bond acceptors (Lipinski definition) is 5. The Kier molecular flexibility index (Phi) is 4.36. The van der Waals surface area contributed by atoms with E-state index in [1.807, 2.05) is 6.07 Å². The summed E-state index contributed by atoms with van der Waals surface area (Å²) in [5.41, 5.74) is 0. The zero-order valence-electron chi connectivity index (χ0n) is 11.5. The second-order valence-electron chi connectivity index (χ2n) is 5.32. The summed E-state index contributed by atoms with van der Waals surface area (Å²) in [7, 11) is 0. The third kappa shape index (κ3) is 3.57. The molecule has 2 rings (SSSR count). The molecular formula is C13H23N5. The van der Waals surface area contributed by atoms with Gasteiger partial charge in [-0.2, -0.15) is 0 Å². The summed E-state index contributed by atoms with van der Waals surface area (Å²) in [5, 5.41) is 6.76. The van der Waals surface area contributed by atoms with Gasteiger partial charge in [0.2, 0.25) is 0 Å². The van der Waals surface area contributed by atoms with E-state index in [2.05, 4.69) is 46.3 Å². The van der Waals surface area contributed by atoms with Crippen LogP contribution in [0.4, 0.5) is 11.6 Å². The number of rotatable bonds is 3. The summed E-state index contributed by atoms with van der Waals surface area (Å²) < 4.78 is 0. The predicted octanol–water partition coefficient (Wildman–Crippen LogP) is 1.34. The van der Waals surface area contributed by atoms with Gasteiger partial charge in [0.05, 0.1) is 0 Å². The number of nitrogens with zero attached hydrogens (tertiary/aromatic N) is 3. The topological polar surface area (TPSA) is 53.1 Å². The molecule has 1 atom stereocenters. The van der Waals surface area contributed by atoms with Crippen molar-refractivity contribution in [1.82, 2.24) is 15.3 Å². The van der Waals surface area contributed by atoms with Gasteiger partial charge in [0.1, 0.15) is 18.0 Å². The lowest BCUT2D eigenvalue weighted by Crippen LogP contribution is -2.30. The van der Waals surface area contributed by atoms with Crippen molar-refractivity contribution in [2.75, 3.05) is 36.4 Å². The molecule has 1 unspecified atom stereocenters. The third-order valence-corrected chi connectivity index (χ3v) is 3.00. The molecule has 18 heavy (non-hydrogen) atoms. The summed E-state index contributed by atoms with van der Waals surface area (Å²) >= 11 is 0. The quantitative estimate of drug-likeness (QED) is 0.847. The van der Waals surface area contributed by atoms with Crippen molar-refractivity contribution in [1.29, 1.82) is 0 Å². The first-order chi connectivity index (χ1) is 8.65. The Morgan fingerprint density at radius 2 is 2.28 bits per heavy atom. The lowest BCUT2D eigenvalue weighted by molar-refractivity contribution is 0.563. The smallest absolute Gasteiger partial charge is 0.134 e. The van der Waals surface area contributed by atoms with Crippen LogP contribution in [-0.4, -0.2) is 42.2 Å². The van der Waals surface area contributed by atoms with Gasteiger partial charge in [0, 0.05) is 31.7 Å². The molecule has 1 aromatic heterocycles. The van der Waals surface area contributed by atoms with Gasteiger partial charge < -0.3 is 15.5 Å². The predicted molar refractivity (Wildman–Crippen MR) is 75.0 cm³/mol. The van der Waals surface area contributed by atoms with E-state index in [4.69, 9.17) is 0 Å². The van der Waals surface area contributed by atoms with Gasteiger partial charge in [-0.05, 0) is 26.3 Å². The van der Waals surface area contributed by atoms with E-state index in [1.165, 1.54) is 0 Å². The van der Waals surface area contributed by atoms with Crippen molar-refractivity contribution in [3.8, 4) is 0 Å². The second kappa shape index (κ2) is 6.00. The largest absolute Gasteiger partial charge is 0.368 e. The first-order valence-electron chi connectivity index (χ1n) is 6.69. The minimum atomic E-state index is 0.387. The molecule has 1 aliphatic heterocycles. The highest BCUT2D eigenvalue weighted by molar-refractivity contribution is 5.48. The van der Waals surface area contributed by atoms with E-state index in [0.29, 0.717) is 12.0 Å². The highest BCUT2D eigenvalue weighted by atomic mass is 15.2. The van der Waals surface area contributed by atoms with E-state index < -0.39 is 0 Å². The molecule has 5 nitrogen and oxygen atoms in total. The first-order valence-corrected chi connectivity index (χ1v) is 6.69. The van der Waals surface area contributed by atoms with E-state index in [-0.39, 0.29) is 0 Å². The third-order valence-electron chi connectivity index (χ3n) is 3.00. The minimum absolute atomic E-state index is 0.387. The maximum atomic E-state index is 4.39. The zero-order chi connectivity index (χ0) is 13.0. The molecule has 1 saturated heterocycles. The van der Waals surface area contributed by atoms with E-state index >= 15 is 0 Å².